The van der Waals surface area contributed by atoms with Crippen molar-refractivity contribution in [2.24, 2.45) is 0 Å². The van der Waals surface area contributed by atoms with E-state index < -0.39 is 46.3 Å². The average molecular weight is 567 g/mol. The maximum absolute atomic E-state index is 13.0. The molecule has 0 fully saturated rings. The van der Waals surface area contributed by atoms with E-state index in [4.69, 9.17) is 16.7 Å². The second-order valence-electron chi connectivity index (χ2n) is 7.79. The highest BCUT2D eigenvalue weighted by atomic mass is 35.5. The smallest absolute Gasteiger partial charge is 0.416 e. The maximum atomic E-state index is 13.0. The Morgan fingerprint density at radius 3 is 2.24 bits per heavy atom. The lowest BCUT2D eigenvalue weighted by Crippen LogP contribution is -2.23. The standard InChI is InChI=1S/C25H18ClF3N2O6S/c1-12(21(32)31-20-10-14(25(27,28)29)6-8-19(20)26)38-16-4-2-3-15(11-16)30-22(33)17-7-5-13(23(34)35)9-18(17)24(36)37/h2-12H,1H3,(H,30,33)(H,31,32)(H,34,35)(H,36,37). The van der Waals surface area contributed by atoms with Crippen LogP contribution in [-0.2, 0) is 11.0 Å². The Bertz CT molecular complexity index is 1430. The van der Waals surface area contributed by atoms with E-state index in [0.29, 0.717) is 4.90 Å². The van der Waals surface area contributed by atoms with Crippen LogP contribution in [0.5, 0.6) is 0 Å². The van der Waals surface area contributed by atoms with Gasteiger partial charge in [0.15, 0.2) is 0 Å². The second-order valence-corrected chi connectivity index (χ2v) is 9.62. The van der Waals surface area contributed by atoms with Crippen molar-refractivity contribution in [3.8, 4) is 0 Å². The molecule has 0 aliphatic heterocycles. The van der Waals surface area contributed by atoms with Gasteiger partial charge in [0.25, 0.3) is 5.91 Å². The molecule has 0 bridgehead atoms. The van der Waals surface area contributed by atoms with Gasteiger partial charge in [-0.1, -0.05) is 17.7 Å². The number of halogens is 4. The number of thioether (sulfide) groups is 1. The Morgan fingerprint density at radius 1 is 0.895 bits per heavy atom. The van der Waals surface area contributed by atoms with Crippen LogP contribution in [0.25, 0.3) is 0 Å². The molecule has 13 heteroatoms. The number of anilines is 2. The lowest BCUT2D eigenvalue weighted by Gasteiger charge is -2.15. The Morgan fingerprint density at radius 2 is 1.61 bits per heavy atom. The third kappa shape index (κ3) is 7.05. The molecule has 38 heavy (non-hydrogen) atoms. The van der Waals surface area contributed by atoms with Crippen molar-refractivity contribution in [2.75, 3.05) is 10.6 Å². The first-order valence-corrected chi connectivity index (χ1v) is 11.9. The fraction of sp³-hybridized carbons (Fsp3) is 0.120. The number of amides is 2. The molecule has 0 saturated heterocycles. The predicted octanol–water partition coefficient (Wildman–Crippen LogP) is 6.13. The fourth-order valence-electron chi connectivity index (χ4n) is 3.19. The Balaban J connectivity index is 1.72. The number of carboxylic acid groups (broad SMARTS) is 2. The third-order valence-electron chi connectivity index (χ3n) is 5.07. The summed E-state index contributed by atoms with van der Waals surface area (Å²) in [6.45, 7) is 1.52. The normalized spacial score (nSPS) is 11.9. The summed E-state index contributed by atoms with van der Waals surface area (Å²) < 4.78 is 39.0. The molecule has 0 aromatic heterocycles. The summed E-state index contributed by atoms with van der Waals surface area (Å²) in [7, 11) is 0. The minimum atomic E-state index is -4.61. The van der Waals surface area contributed by atoms with E-state index in [1.54, 1.807) is 12.1 Å². The number of carbonyl (C=O) groups excluding carboxylic acids is 2. The monoisotopic (exact) mass is 566 g/mol. The van der Waals surface area contributed by atoms with Crippen LogP contribution in [0, 0.1) is 0 Å². The summed E-state index contributed by atoms with van der Waals surface area (Å²) in [6.07, 6.45) is -4.61. The molecule has 1 atom stereocenters. The van der Waals surface area contributed by atoms with Crippen LogP contribution < -0.4 is 10.6 Å². The van der Waals surface area contributed by atoms with Crippen molar-refractivity contribution in [1.82, 2.24) is 0 Å². The number of alkyl halides is 3. The van der Waals surface area contributed by atoms with Crippen molar-refractivity contribution in [3.05, 3.63) is 87.9 Å². The van der Waals surface area contributed by atoms with Crippen molar-refractivity contribution in [2.45, 2.75) is 23.2 Å². The maximum Gasteiger partial charge on any atom is 0.416 e. The fourth-order valence-corrected chi connectivity index (χ4v) is 4.28. The molecule has 0 heterocycles. The topological polar surface area (TPSA) is 133 Å². The van der Waals surface area contributed by atoms with Crippen LogP contribution >= 0.6 is 23.4 Å². The molecule has 0 aliphatic carbocycles. The van der Waals surface area contributed by atoms with Crippen molar-refractivity contribution in [1.29, 1.82) is 0 Å². The van der Waals surface area contributed by atoms with Crippen LogP contribution in [0.15, 0.2) is 65.6 Å². The number of carboxylic acids is 2. The SMILES string of the molecule is CC(Sc1cccc(NC(=O)c2ccc(C(=O)O)cc2C(=O)O)c1)C(=O)Nc1cc(C(F)(F)F)ccc1Cl. The van der Waals surface area contributed by atoms with E-state index >= 15 is 0 Å². The predicted molar refractivity (Wildman–Crippen MR) is 135 cm³/mol. The van der Waals surface area contributed by atoms with Crippen LogP contribution in [0.3, 0.4) is 0 Å². The van der Waals surface area contributed by atoms with Crippen LogP contribution in [0.2, 0.25) is 5.02 Å². The third-order valence-corrected chi connectivity index (χ3v) is 6.49. The quantitative estimate of drug-likeness (QED) is 0.241. The zero-order chi connectivity index (χ0) is 28.2. The lowest BCUT2D eigenvalue weighted by atomic mass is 10.0. The van der Waals surface area contributed by atoms with Gasteiger partial charge in [0.2, 0.25) is 5.91 Å². The molecule has 0 radical (unpaired) electrons. The van der Waals surface area contributed by atoms with Crippen LogP contribution in [0.4, 0.5) is 24.5 Å². The van der Waals surface area contributed by atoms with Gasteiger partial charge in [-0.3, -0.25) is 9.59 Å². The number of rotatable bonds is 8. The number of carbonyl (C=O) groups is 4. The minimum absolute atomic E-state index is 0.0645. The van der Waals surface area contributed by atoms with E-state index in [1.165, 1.54) is 19.1 Å². The summed E-state index contributed by atoms with van der Waals surface area (Å²) in [4.78, 5) is 48.5. The summed E-state index contributed by atoms with van der Waals surface area (Å²) in [5.41, 5.74) is -1.95. The highest BCUT2D eigenvalue weighted by Gasteiger charge is 2.31. The minimum Gasteiger partial charge on any atom is -0.478 e. The first-order valence-electron chi connectivity index (χ1n) is 10.6. The Labute approximate surface area is 222 Å². The molecule has 8 nitrogen and oxygen atoms in total. The molecule has 0 spiro atoms. The summed E-state index contributed by atoms with van der Waals surface area (Å²) >= 11 is 6.98. The van der Waals surface area contributed by atoms with E-state index in [0.717, 1.165) is 48.2 Å². The zero-order valence-corrected chi connectivity index (χ0v) is 20.9. The van der Waals surface area contributed by atoms with Gasteiger partial charge < -0.3 is 20.8 Å². The summed E-state index contributed by atoms with van der Waals surface area (Å²) in [6, 6.07) is 11.9. The molecule has 3 aromatic carbocycles. The Kier molecular flexibility index (Phi) is 8.69. The van der Waals surface area contributed by atoms with E-state index in [-0.39, 0.29) is 27.5 Å². The number of nitrogens with one attached hydrogen (secondary N) is 2. The average Bonchev–Trinajstić information content (AvgIpc) is 2.84. The molecule has 3 aromatic rings. The van der Waals surface area contributed by atoms with Gasteiger partial charge in [0.1, 0.15) is 0 Å². The molecule has 3 rings (SSSR count). The first kappa shape index (κ1) is 28.5. The van der Waals surface area contributed by atoms with Gasteiger partial charge in [-0.2, -0.15) is 13.2 Å². The molecule has 4 N–H and O–H groups in total. The van der Waals surface area contributed by atoms with Gasteiger partial charge in [0, 0.05) is 10.6 Å². The number of hydrogen-bond acceptors (Lipinski definition) is 5. The van der Waals surface area contributed by atoms with Gasteiger partial charge in [0.05, 0.1) is 38.2 Å². The van der Waals surface area contributed by atoms with Crippen LogP contribution in [-0.4, -0.2) is 39.2 Å². The molecule has 2 amide bonds. The van der Waals surface area contributed by atoms with E-state index in [9.17, 15) is 37.5 Å². The first-order chi connectivity index (χ1) is 17.8. The molecule has 1 unspecified atom stereocenters. The second kappa shape index (κ2) is 11.6. The number of aromatic carboxylic acids is 2. The number of hydrogen-bond donors (Lipinski definition) is 4. The van der Waals surface area contributed by atoms with E-state index in [2.05, 4.69) is 10.6 Å². The highest BCUT2D eigenvalue weighted by Crippen LogP contribution is 2.34. The number of benzene rings is 3. The van der Waals surface area contributed by atoms with E-state index in [1.807, 2.05) is 0 Å². The molecular weight excluding hydrogens is 549 g/mol. The highest BCUT2D eigenvalue weighted by molar-refractivity contribution is 8.00. The molecule has 0 aliphatic rings. The summed E-state index contributed by atoms with van der Waals surface area (Å²) in [5, 5.41) is 22.5. The van der Waals surface area contributed by atoms with Gasteiger partial charge in [-0.25, -0.2) is 9.59 Å². The van der Waals surface area contributed by atoms with Gasteiger partial charge >= 0.3 is 18.1 Å². The van der Waals surface area contributed by atoms with Crippen LogP contribution in [0.1, 0.15) is 43.6 Å². The van der Waals surface area contributed by atoms with Crippen molar-refractivity contribution >= 4 is 58.5 Å². The molecule has 0 saturated carbocycles. The van der Waals surface area contributed by atoms with Gasteiger partial charge in [-0.15, -0.1) is 11.8 Å². The Hall–Kier alpha value is -4.03. The lowest BCUT2D eigenvalue weighted by molar-refractivity contribution is -0.137. The zero-order valence-electron chi connectivity index (χ0n) is 19.3. The largest absolute Gasteiger partial charge is 0.478 e. The van der Waals surface area contributed by atoms with Gasteiger partial charge in [-0.05, 0) is 61.5 Å². The molecular formula is C25H18ClF3N2O6S. The summed E-state index contributed by atoms with van der Waals surface area (Å²) in [5.74, 6) is -4.25. The molecule has 198 valence electrons. The van der Waals surface area contributed by atoms with Crippen molar-refractivity contribution < 1.29 is 42.6 Å². The van der Waals surface area contributed by atoms with Crippen molar-refractivity contribution in [3.63, 3.8) is 0 Å².